The number of aromatic hydroxyl groups is 1. The second-order valence-electron chi connectivity index (χ2n) is 6.01. The van der Waals surface area contributed by atoms with Gasteiger partial charge in [0.1, 0.15) is 33.8 Å². The smallest absolute Gasteiger partial charge is 0.341 e. The van der Waals surface area contributed by atoms with Crippen LogP contribution in [-0.2, 0) is 11.2 Å². The Labute approximate surface area is 155 Å². The summed E-state index contributed by atoms with van der Waals surface area (Å²) in [6.45, 7) is 3.74. The lowest BCUT2D eigenvalue weighted by Crippen LogP contribution is -2.06. The monoisotopic (exact) mass is 371 g/mol. The molecule has 0 unspecified atom stereocenters. The Kier molecular flexibility index (Phi) is 5.27. The highest BCUT2D eigenvalue weighted by Crippen LogP contribution is 2.29. The van der Waals surface area contributed by atoms with Gasteiger partial charge in [0.2, 0.25) is 0 Å². The average Bonchev–Trinajstić information content (AvgIpc) is 3.06. The molecule has 142 valence electrons. The summed E-state index contributed by atoms with van der Waals surface area (Å²) in [5, 5.41) is 28.4. The molecule has 0 saturated heterocycles. The number of phenols is 1. The predicted octanol–water partition coefficient (Wildman–Crippen LogP) is 2.15. The molecule has 1 heterocycles. The Morgan fingerprint density at radius 3 is 2.52 bits per heavy atom. The summed E-state index contributed by atoms with van der Waals surface area (Å²) in [4.78, 5) is 13.4. The van der Waals surface area contributed by atoms with Gasteiger partial charge in [0.05, 0.1) is 13.7 Å². The Morgan fingerprint density at radius 1 is 1.19 bits per heavy atom. The number of nitrogens with zero attached hydrogens (tertiary/aromatic N) is 3. The van der Waals surface area contributed by atoms with Crippen LogP contribution in [0.2, 0.25) is 0 Å². The normalized spacial score (nSPS) is 11.0. The maximum atomic E-state index is 12.1. The third-order valence-corrected chi connectivity index (χ3v) is 4.15. The minimum atomic E-state index is -0.505. The zero-order valence-corrected chi connectivity index (χ0v) is 15.4. The number of methoxy groups -OCH3 is 1. The first-order chi connectivity index (χ1) is 13.0. The van der Waals surface area contributed by atoms with E-state index in [1.807, 2.05) is 0 Å². The Bertz CT molecular complexity index is 997. The first-order valence-electron chi connectivity index (χ1n) is 8.54. The molecular weight excluding hydrogens is 350 g/mol. The summed E-state index contributed by atoms with van der Waals surface area (Å²) in [6, 6.07) is 6.69. The molecule has 1 aromatic heterocycles. The molecule has 8 nitrogen and oxygen atoms in total. The number of hydrogen-bond donors (Lipinski definition) is 2. The number of carbonyl (C=O) groups is 1. The van der Waals surface area contributed by atoms with Crippen molar-refractivity contribution in [3.63, 3.8) is 0 Å². The molecule has 0 aliphatic rings. The van der Waals surface area contributed by atoms with E-state index in [-0.39, 0.29) is 24.5 Å². The number of esters is 1. The number of rotatable bonds is 6. The van der Waals surface area contributed by atoms with Gasteiger partial charge in [-0.15, -0.1) is 15.0 Å². The number of ether oxygens (including phenoxy) is 2. The van der Waals surface area contributed by atoms with Crippen LogP contribution in [0.3, 0.4) is 0 Å². The Balaban J connectivity index is 2.13. The lowest BCUT2D eigenvalue weighted by Gasteiger charge is -2.09. The van der Waals surface area contributed by atoms with E-state index in [1.54, 1.807) is 38.1 Å². The van der Waals surface area contributed by atoms with E-state index in [4.69, 9.17) is 9.47 Å². The van der Waals surface area contributed by atoms with Crippen molar-refractivity contribution >= 4 is 17.0 Å². The second kappa shape index (κ2) is 7.63. The van der Waals surface area contributed by atoms with Gasteiger partial charge in [-0.2, -0.15) is 0 Å². The molecule has 0 atom stereocenters. The van der Waals surface area contributed by atoms with E-state index in [9.17, 15) is 15.0 Å². The van der Waals surface area contributed by atoms with Crippen molar-refractivity contribution < 1.29 is 24.5 Å². The fourth-order valence-electron chi connectivity index (χ4n) is 2.85. The van der Waals surface area contributed by atoms with Gasteiger partial charge in [-0.3, -0.25) is 0 Å². The van der Waals surface area contributed by atoms with E-state index in [1.165, 1.54) is 11.9 Å². The van der Waals surface area contributed by atoms with Gasteiger partial charge in [0, 0.05) is 12.7 Å². The molecule has 8 heteroatoms. The molecule has 3 rings (SSSR count). The van der Waals surface area contributed by atoms with Gasteiger partial charge < -0.3 is 19.7 Å². The lowest BCUT2D eigenvalue weighted by molar-refractivity contribution is 0.0523. The second-order valence-corrected chi connectivity index (χ2v) is 6.01. The number of benzene rings is 2. The molecule has 0 amide bonds. The first-order valence-corrected chi connectivity index (χ1v) is 8.54. The molecule has 0 bridgehead atoms. The van der Waals surface area contributed by atoms with Crippen molar-refractivity contribution in [1.29, 1.82) is 0 Å². The molecule has 3 aromatic rings. The van der Waals surface area contributed by atoms with Crippen molar-refractivity contribution in [1.82, 2.24) is 15.0 Å². The largest absolute Gasteiger partial charge is 0.505 e. The molecule has 27 heavy (non-hydrogen) atoms. The van der Waals surface area contributed by atoms with Crippen LogP contribution in [0.25, 0.3) is 16.7 Å². The van der Waals surface area contributed by atoms with Gasteiger partial charge in [0.25, 0.3) is 0 Å². The zero-order valence-electron chi connectivity index (χ0n) is 15.4. The van der Waals surface area contributed by atoms with Crippen LogP contribution in [-0.4, -0.2) is 51.5 Å². The molecule has 2 N–H and O–H groups in total. The van der Waals surface area contributed by atoms with Gasteiger partial charge in [-0.1, -0.05) is 6.07 Å². The van der Waals surface area contributed by atoms with Crippen molar-refractivity contribution in [3.8, 4) is 17.2 Å². The summed E-state index contributed by atoms with van der Waals surface area (Å²) in [5.74, 6) is -0.119. The SMILES string of the molecule is CCOC(=O)c1cc2nn(-c3cc(CCO)cc(C)c3O)nc2cc1OC. The molecule has 0 aliphatic heterocycles. The van der Waals surface area contributed by atoms with E-state index < -0.39 is 5.97 Å². The van der Waals surface area contributed by atoms with Gasteiger partial charge in [-0.05, 0) is 43.5 Å². The predicted molar refractivity (Wildman–Crippen MR) is 98.6 cm³/mol. The van der Waals surface area contributed by atoms with Crippen LogP contribution in [0, 0.1) is 6.92 Å². The Morgan fingerprint density at radius 2 is 1.89 bits per heavy atom. The minimum absolute atomic E-state index is 0.00172. The first kappa shape index (κ1) is 18.7. The van der Waals surface area contributed by atoms with Crippen molar-refractivity contribution in [2.24, 2.45) is 0 Å². The highest BCUT2D eigenvalue weighted by molar-refractivity contribution is 5.97. The summed E-state index contributed by atoms with van der Waals surface area (Å²) in [5.41, 5.74) is 3.13. The van der Waals surface area contributed by atoms with Crippen LogP contribution >= 0.6 is 0 Å². The van der Waals surface area contributed by atoms with Crippen LogP contribution in [0.1, 0.15) is 28.4 Å². The fourth-order valence-corrected chi connectivity index (χ4v) is 2.85. The number of aliphatic hydroxyl groups is 1. The number of aromatic nitrogens is 3. The standard InChI is InChI=1S/C19H21N3O5/c1-4-27-19(25)13-9-14-15(10-17(13)26-3)21-22(20-14)16-8-12(5-6-23)7-11(2)18(16)24/h7-10,23-24H,4-6H2,1-3H3. The number of fused-ring (bicyclic) bond motifs is 1. The van der Waals surface area contributed by atoms with E-state index in [0.29, 0.717) is 34.5 Å². The highest BCUT2D eigenvalue weighted by Gasteiger charge is 2.19. The fraction of sp³-hybridized carbons (Fsp3) is 0.316. The summed E-state index contributed by atoms with van der Waals surface area (Å²) < 4.78 is 10.3. The quantitative estimate of drug-likeness (QED) is 0.639. The minimum Gasteiger partial charge on any atom is -0.505 e. The number of hydrogen-bond acceptors (Lipinski definition) is 7. The Hall–Kier alpha value is -3.13. The number of phenolic OH excluding ortho intramolecular Hbond substituents is 1. The maximum absolute atomic E-state index is 12.1. The van der Waals surface area contributed by atoms with Gasteiger partial charge >= 0.3 is 5.97 Å². The number of aryl methyl sites for hydroxylation is 1. The average molecular weight is 371 g/mol. The van der Waals surface area contributed by atoms with Gasteiger partial charge in [-0.25, -0.2) is 4.79 Å². The molecule has 2 aromatic carbocycles. The van der Waals surface area contributed by atoms with Crippen molar-refractivity contribution in [2.45, 2.75) is 20.3 Å². The summed E-state index contributed by atoms with van der Waals surface area (Å²) in [7, 11) is 1.46. The topological polar surface area (TPSA) is 107 Å². The molecular formula is C19H21N3O5. The van der Waals surface area contributed by atoms with Crippen LogP contribution in [0.15, 0.2) is 24.3 Å². The molecule has 0 fully saturated rings. The van der Waals surface area contributed by atoms with E-state index in [0.717, 1.165) is 5.56 Å². The summed E-state index contributed by atoms with van der Waals surface area (Å²) >= 11 is 0. The van der Waals surface area contributed by atoms with Gasteiger partial charge in [0.15, 0.2) is 0 Å². The van der Waals surface area contributed by atoms with Crippen molar-refractivity contribution in [3.05, 3.63) is 41.0 Å². The van der Waals surface area contributed by atoms with Crippen molar-refractivity contribution in [2.75, 3.05) is 20.3 Å². The van der Waals surface area contributed by atoms with Crippen LogP contribution < -0.4 is 4.74 Å². The summed E-state index contributed by atoms with van der Waals surface area (Å²) in [6.07, 6.45) is 0.454. The number of aliphatic hydroxyl groups excluding tert-OH is 1. The zero-order chi connectivity index (χ0) is 19.6. The number of carbonyl (C=O) groups excluding carboxylic acids is 1. The van der Waals surface area contributed by atoms with E-state index >= 15 is 0 Å². The lowest BCUT2D eigenvalue weighted by atomic mass is 10.1. The highest BCUT2D eigenvalue weighted by atomic mass is 16.5. The molecule has 0 spiro atoms. The third-order valence-electron chi connectivity index (χ3n) is 4.15. The molecule has 0 saturated carbocycles. The van der Waals surface area contributed by atoms with Crippen LogP contribution in [0.5, 0.6) is 11.5 Å². The van der Waals surface area contributed by atoms with Crippen LogP contribution in [0.4, 0.5) is 0 Å². The third kappa shape index (κ3) is 3.56. The van der Waals surface area contributed by atoms with E-state index in [2.05, 4.69) is 10.2 Å². The molecule has 0 aliphatic carbocycles. The molecule has 0 radical (unpaired) electrons. The maximum Gasteiger partial charge on any atom is 0.341 e.